The van der Waals surface area contributed by atoms with E-state index in [0.29, 0.717) is 6.54 Å². The van der Waals surface area contributed by atoms with Crippen molar-refractivity contribution in [2.75, 3.05) is 11.9 Å². The molecule has 0 radical (unpaired) electrons. The molecule has 2 rings (SSSR count). The molecule has 1 aromatic carbocycles. The zero-order valence-electron chi connectivity index (χ0n) is 13.1. The molecule has 5 nitrogen and oxygen atoms in total. The predicted molar refractivity (Wildman–Crippen MR) is 83.1 cm³/mol. The summed E-state index contributed by atoms with van der Waals surface area (Å²) >= 11 is 0. The number of carbonyl (C=O) groups excluding carboxylic acids is 2. The van der Waals surface area contributed by atoms with Crippen molar-refractivity contribution >= 4 is 17.6 Å². The molecule has 5 heteroatoms. The molecular weight excluding hydrogens is 266 g/mol. The Bertz CT molecular complexity index is 561. The van der Waals surface area contributed by atoms with Gasteiger partial charge in [-0.3, -0.25) is 4.79 Å². The molecule has 0 bridgehead atoms. The molecule has 2 N–H and O–H groups in total. The van der Waals surface area contributed by atoms with E-state index in [0.717, 1.165) is 24.2 Å². The topological polar surface area (TPSA) is 61.4 Å². The van der Waals surface area contributed by atoms with Crippen molar-refractivity contribution in [1.82, 2.24) is 10.2 Å². The van der Waals surface area contributed by atoms with Crippen LogP contribution < -0.4 is 10.6 Å². The van der Waals surface area contributed by atoms with Gasteiger partial charge in [0.1, 0.15) is 0 Å². The van der Waals surface area contributed by atoms with E-state index in [2.05, 4.69) is 10.6 Å². The minimum Gasteiger partial charge on any atom is -0.338 e. The summed E-state index contributed by atoms with van der Waals surface area (Å²) in [6.45, 7) is 8.77. The number of amides is 3. The summed E-state index contributed by atoms with van der Waals surface area (Å²) in [6, 6.07) is 5.66. The largest absolute Gasteiger partial charge is 0.338 e. The van der Waals surface area contributed by atoms with E-state index >= 15 is 0 Å². The predicted octanol–water partition coefficient (Wildman–Crippen LogP) is 2.51. The van der Waals surface area contributed by atoms with Crippen molar-refractivity contribution < 1.29 is 9.59 Å². The first kappa shape index (κ1) is 15.4. The minimum atomic E-state index is -0.274. The van der Waals surface area contributed by atoms with Gasteiger partial charge in [-0.25, -0.2) is 4.79 Å². The molecular formula is C16H23N3O2. The first-order valence-electron chi connectivity index (χ1n) is 7.21. The Labute approximate surface area is 125 Å². The summed E-state index contributed by atoms with van der Waals surface area (Å²) in [7, 11) is 0. The molecule has 3 amide bonds. The van der Waals surface area contributed by atoms with Gasteiger partial charge in [0.05, 0.1) is 0 Å². The van der Waals surface area contributed by atoms with Crippen LogP contribution in [0, 0.1) is 0 Å². The van der Waals surface area contributed by atoms with Crippen molar-refractivity contribution in [3.05, 3.63) is 29.3 Å². The maximum atomic E-state index is 11.9. The lowest BCUT2D eigenvalue weighted by Gasteiger charge is -2.28. The van der Waals surface area contributed by atoms with Crippen LogP contribution in [0.3, 0.4) is 0 Å². The second kappa shape index (κ2) is 5.76. The number of hydrogen-bond acceptors (Lipinski definition) is 2. The number of fused-ring (bicyclic) bond motifs is 1. The van der Waals surface area contributed by atoms with Crippen LogP contribution in [0.1, 0.15) is 38.8 Å². The van der Waals surface area contributed by atoms with E-state index in [4.69, 9.17) is 0 Å². The first-order valence-corrected chi connectivity index (χ1v) is 7.21. The van der Waals surface area contributed by atoms with Gasteiger partial charge in [0.15, 0.2) is 0 Å². The highest BCUT2D eigenvalue weighted by molar-refractivity contribution is 5.89. The van der Waals surface area contributed by atoms with E-state index in [1.807, 2.05) is 43.9 Å². The van der Waals surface area contributed by atoms with Crippen LogP contribution in [-0.4, -0.2) is 28.9 Å². The number of nitrogens with zero attached hydrogens (tertiary/aromatic N) is 1. The van der Waals surface area contributed by atoms with Crippen molar-refractivity contribution in [1.29, 1.82) is 0 Å². The lowest BCUT2D eigenvalue weighted by atomic mass is 9.99. The number of rotatable bonds is 1. The maximum absolute atomic E-state index is 11.9. The van der Waals surface area contributed by atoms with Crippen molar-refractivity contribution in [2.24, 2.45) is 0 Å². The standard InChI is InChI=1S/C16H23N3O2/c1-11(20)19-8-7-12-5-6-14(9-13(12)10-19)17-15(21)18-16(2,3)4/h5-6,9H,7-8,10H2,1-4H3,(H2,17,18,21). The first-order chi connectivity index (χ1) is 9.74. The summed E-state index contributed by atoms with van der Waals surface area (Å²) < 4.78 is 0. The van der Waals surface area contributed by atoms with Crippen molar-refractivity contribution in [3.63, 3.8) is 0 Å². The molecule has 0 saturated carbocycles. The van der Waals surface area contributed by atoms with Gasteiger partial charge in [-0.1, -0.05) is 6.07 Å². The third-order valence-corrected chi connectivity index (χ3v) is 3.41. The number of hydrogen-bond donors (Lipinski definition) is 2. The Hall–Kier alpha value is -2.04. The second-order valence-electron chi connectivity index (χ2n) is 6.50. The molecule has 0 spiro atoms. The minimum absolute atomic E-state index is 0.0875. The quantitative estimate of drug-likeness (QED) is 0.834. The smallest absolute Gasteiger partial charge is 0.319 e. The highest BCUT2D eigenvalue weighted by Gasteiger charge is 2.19. The summed E-state index contributed by atoms with van der Waals surface area (Å²) in [5.41, 5.74) is 2.82. The Morgan fingerprint density at radius 1 is 1.19 bits per heavy atom. The zero-order valence-corrected chi connectivity index (χ0v) is 13.1. The van der Waals surface area contributed by atoms with Crippen LogP contribution in [0.2, 0.25) is 0 Å². The average molecular weight is 289 g/mol. The summed E-state index contributed by atoms with van der Waals surface area (Å²) in [5.74, 6) is 0.0875. The van der Waals surface area contributed by atoms with Crippen LogP contribution in [0.15, 0.2) is 18.2 Å². The van der Waals surface area contributed by atoms with Crippen LogP contribution >= 0.6 is 0 Å². The molecule has 1 aliphatic heterocycles. The van der Waals surface area contributed by atoms with E-state index in [-0.39, 0.29) is 17.5 Å². The number of benzene rings is 1. The van der Waals surface area contributed by atoms with Crippen LogP contribution in [0.25, 0.3) is 0 Å². The van der Waals surface area contributed by atoms with Gasteiger partial charge in [-0.2, -0.15) is 0 Å². The third-order valence-electron chi connectivity index (χ3n) is 3.41. The fourth-order valence-corrected chi connectivity index (χ4v) is 2.41. The van der Waals surface area contributed by atoms with E-state index in [1.54, 1.807) is 6.92 Å². The van der Waals surface area contributed by atoms with Gasteiger partial charge in [0, 0.05) is 31.2 Å². The molecule has 0 fully saturated rings. The van der Waals surface area contributed by atoms with Gasteiger partial charge in [-0.05, 0) is 50.5 Å². The summed E-state index contributed by atoms with van der Waals surface area (Å²) in [4.78, 5) is 25.2. The maximum Gasteiger partial charge on any atom is 0.319 e. The number of anilines is 1. The molecule has 21 heavy (non-hydrogen) atoms. The SMILES string of the molecule is CC(=O)N1CCc2ccc(NC(=O)NC(C)(C)C)cc2C1. The van der Waals surface area contributed by atoms with E-state index < -0.39 is 0 Å². The molecule has 0 aliphatic carbocycles. The normalized spacial score (nSPS) is 14.4. The van der Waals surface area contributed by atoms with E-state index in [1.165, 1.54) is 5.56 Å². The molecule has 114 valence electrons. The fraction of sp³-hybridized carbons (Fsp3) is 0.500. The monoisotopic (exact) mass is 289 g/mol. The lowest BCUT2D eigenvalue weighted by Crippen LogP contribution is -2.43. The molecule has 1 aromatic rings. The zero-order chi connectivity index (χ0) is 15.6. The van der Waals surface area contributed by atoms with Crippen molar-refractivity contribution in [3.8, 4) is 0 Å². The average Bonchev–Trinajstić information content (AvgIpc) is 2.35. The van der Waals surface area contributed by atoms with Gasteiger partial charge in [0.25, 0.3) is 0 Å². The Morgan fingerprint density at radius 3 is 2.52 bits per heavy atom. The van der Waals surface area contributed by atoms with Gasteiger partial charge in [0.2, 0.25) is 5.91 Å². The number of carbonyl (C=O) groups is 2. The second-order valence-corrected chi connectivity index (χ2v) is 6.50. The van der Waals surface area contributed by atoms with Gasteiger partial charge < -0.3 is 15.5 Å². The van der Waals surface area contributed by atoms with Crippen LogP contribution in [0.5, 0.6) is 0 Å². The Balaban J connectivity index is 2.09. The molecule has 0 atom stereocenters. The van der Waals surface area contributed by atoms with Crippen LogP contribution in [-0.2, 0) is 17.8 Å². The van der Waals surface area contributed by atoms with E-state index in [9.17, 15) is 9.59 Å². The molecule has 0 aromatic heterocycles. The molecule has 1 heterocycles. The fourth-order valence-electron chi connectivity index (χ4n) is 2.41. The lowest BCUT2D eigenvalue weighted by molar-refractivity contribution is -0.129. The molecule has 0 unspecified atom stereocenters. The van der Waals surface area contributed by atoms with Gasteiger partial charge in [-0.15, -0.1) is 0 Å². The number of urea groups is 1. The van der Waals surface area contributed by atoms with Crippen LogP contribution in [0.4, 0.5) is 10.5 Å². The third kappa shape index (κ3) is 4.21. The molecule has 0 saturated heterocycles. The van der Waals surface area contributed by atoms with Crippen molar-refractivity contribution in [2.45, 2.75) is 46.2 Å². The summed E-state index contributed by atoms with van der Waals surface area (Å²) in [6.07, 6.45) is 0.864. The summed E-state index contributed by atoms with van der Waals surface area (Å²) in [5, 5.41) is 5.70. The highest BCUT2D eigenvalue weighted by Crippen LogP contribution is 2.22. The highest BCUT2D eigenvalue weighted by atomic mass is 16.2. The Kier molecular flexibility index (Phi) is 4.21. The van der Waals surface area contributed by atoms with Gasteiger partial charge >= 0.3 is 6.03 Å². The number of nitrogens with one attached hydrogen (secondary N) is 2. The molecule has 1 aliphatic rings. The Morgan fingerprint density at radius 2 is 1.90 bits per heavy atom.